The van der Waals surface area contributed by atoms with Crippen molar-refractivity contribution >= 4 is 18.0 Å². The van der Waals surface area contributed by atoms with Crippen LogP contribution < -0.4 is 0 Å². The van der Waals surface area contributed by atoms with E-state index in [1.807, 2.05) is 41.1 Å². The molecule has 0 bridgehead atoms. The van der Waals surface area contributed by atoms with E-state index < -0.39 is 0 Å². The first-order valence-electron chi connectivity index (χ1n) is 9.77. The van der Waals surface area contributed by atoms with Gasteiger partial charge in [-0.25, -0.2) is 4.68 Å². The van der Waals surface area contributed by atoms with E-state index in [0.29, 0.717) is 12.6 Å². The molecule has 0 atom stereocenters. The highest BCUT2D eigenvalue weighted by atomic mass is 32.1. The first-order chi connectivity index (χ1) is 13.2. The van der Waals surface area contributed by atoms with Gasteiger partial charge in [-0.1, -0.05) is 36.4 Å². The Kier molecular flexibility index (Phi) is 5.36. The van der Waals surface area contributed by atoms with Crippen molar-refractivity contribution in [1.82, 2.24) is 19.2 Å². The van der Waals surface area contributed by atoms with Crippen molar-refractivity contribution in [3.05, 3.63) is 59.1 Å². The van der Waals surface area contributed by atoms with Crippen LogP contribution in [0.25, 0.3) is 0 Å². The minimum Gasteiger partial charge on any atom is -0.300 e. The van der Waals surface area contributed by atoms with Gasteiger partial charge in [0.2, 0.25) is 0 Å². The number of Topliss-reactive ketones (excluding diaryl/α,β-unsaturated/α-hetero) is 1. The Morgan fingerprint density at radius 1 is 1.19 bits per heavy atom. The summed E-state index contributed by atoms with van der Waals surface area (Å²) in [5.74, 6) is 2.06. The Morgan fingerprint density at radius 2 is 1.89 bits per heavy atom. The van der Waals surface area contributed by atoms with Crippen molar-refractivity contribution < 1.29 is 4.79 Å². The molecule has 0 amide bonds. The van der Waals surface area contributed by atoms with Crippen LogP contribution in [0.3, 0.4) is 0 Å². The molecule has 2 aromatic rings. The van der Waals surface area contributed by atoms with Crippen molar-refractivity contribution in [2.24, 2.45) is 5.92 Å². The van der Waals surface area contributed by atoms with Crippen LogP contribution in [-0.4, -0.2) is 38.1 Å². The van der Waals surface area contributed by atoms with Gasteiger partial charge in [0.25, 0.3) is 0 Å². The third-order valence-corrected chi connectivity index (χ3v) is 5.99. The minimum atomic E-state index is 0.122. The first kappa shape index (κ1) is 18.3. The molecular weight excluding hydrogens is 356 g/mol. The summed E-state index contributed by atoms with van der Waals surface area (Å²) < 4.78 is 4.84. The molecule has 0 radical (unpaired) electrons. The molecule has 1 aromatic heterocycles. The molecule has 1 aliphatic heterocycles. The summed E-state index contributed by atoms with van der Waals surface area (Å²) in [6, 6.07) is 9.64. The number of nitrogens with zero attached hydrogens (tertiary/aromatic N) is 4. The van der Waals surface area contributed by atoms with Crippen molar-refractivity contribution in [2.45, 2.75) is 44.8 Å². The Bertz CT molecular complexity index is 873. The number of hydrogen-bond donors (Lipinski definition) is 0. The SMILES string of the molecule is C=CCn1c(C2CC2)nn(CN2CCC(C(=O)c3ccccc3)CC2)c1=S. The first-order valence-corrected chi connectivity index (χ1v) is 10.2. The van der Waals surface area contributed by atoms with Gasteiger partial charge >= 0.3 is 0 Å². The number of hydrogen-bond acceptors (Lipinski definition) is 4. The molecule has 2 aliphatic rings. The van der Waals surface area contributed by atoms with Crippen molar-refractivity contribution in [2.75, 3.05) is 13.1 Å². The monoisotopic (exact) mass is 382 g/mol. The minimum absolute atomic E-state index is 0.122. The van der Waals surface area contributed by atoms with E-state index in [4.69, 9.17) is 17.3 Å². The number of ketones is 1. The molecule has 1 saturated carbocycles. The van der Waals surface area contributed by atoms with E-state index in [0.717, 1.165) is 48.6 Å². The van der Waals surface area contributed by atoms with Crippen molar-refractivity contribution in [3.63, 3.8) is 0 Å². The molecular formula is C21H26N4OS. The lowest BCUT2D eigenvalue weighted by Gasteiger charge is -2.30. The van der Waals surface area contributed by atoms with Crippen LogP contribution in [0.5, 0.6) is 0 Å². The summed E-state index contributed by atoms with van der Waals surface area (Å²) in [7, 11) is 0. The lowest BCUT2D eigenvalue weighted by molar-refractivity contribution is 0.0803. The lowest BCUT2D eigenvalue weighted by atomic mass is 9.89. The molecule has 1 aliphatic carbocycles. The average molecular weight is 383 g/mol. The predicted molar refractivity (Wildman–Crippen MR) is 108 cm³/mol. The lowest BCUT2D eigenvalue weighted by Crippen LogP contribution is -2.37. The van der Waals surface area contributed by atoms with Gasteiger partial charge < -0.3 is 0 Å². The summed E-state index contributed by atoms with van der Waals surface area (Å²) in [6.45, 7) is 7.07. The highest BCUT2D eigenvalue weighted by Crippen LogP contribution is 2.39. The molecule has 2 fully saturated rings. The Balaban J connectivity index is 1.40. The van der Waals surface area contributed by atoms with Gasteiger partial charge in [0.05, 0.1) is 6.67 Å². The summed E-state index contributed by atoms with van der Waals surface area (Å²) in [6.07, 6.45) is 6.08. The van der Waals surface area contributed by atoms with E-state index in [-0.39, 0.29) is 11.7 Å². The normalized spacial score (nSPS) is 18.5. The molecule has 0 spiro atoms. The fourth-order valence-electron chi connectivity index (χ4n) is 3.86. The smallest absolute Gasteiger partial charge is 0.199 e. The predicted octanol–water partition coefficient (Wildman–Crippen LogP) is 4.03. The number of carbonyl (C=O) groups excluding carboxylic acids is 1. The molecule has 0 N–H and O–H groups in total. The summed E-state index contributed by atoms with van der Waals surface area (Å²) in [5.41, 5.74) is 0.829. The molecule has 1 saturated heterocycles. The number of aromatic nitrogens is 3. The zero-order valence-corrected chi connectivity index (χ0v) is 16.4. The number of benzene rings is 1. The van der Waals surface area contributed by atoms with Crippen LogP contribution >= 0.6 is 12.2 Å². The Labute approximate surface area is 165 Å². The molecule has 0 unspecified atom stereocenters. The topological polar surface area (TPSA) is 43.1 Å². The molecule has 142 valence electrons. The summed E-state index contributed by atoms with van der Waals surface area (Å²) >= 11 is 5.66. The van der Waals surface area contributed by atoms with E-state index >= 15 is 0 Å². The van der Waals surface area contributed by atoms with Crippen LogP contribution in [0.1, 0.15) is 47.8 Å². The Morgan fingerprint density at radius 3 is 2.52 bits per heavy atom. The number of piperidine rings is 1. The van der Waals surface area contributed by atoms with Crippen molar-refractivity contribution in [1.29, 1.82) is 0 Å². The second-order valence-corrected chi connectivity index (χ2v) is 7.94. The number of rotatable bonds is 7. The van der Waals surface area contributed by atoms with Gasteiger partial charge in [-0.3, -0.25) is 14.3 Å². The largest absolute Gasteiger partial charge is 0.300 e. The molecule has 5 nitrogen and oxygen atoms in total. The highest BCUT2D eigenvalue weighted by Gasteiger charge is 2.31. The van der Waals surface area contributed by atoms with E-state index in [1.54, 1.807) is 0 Å². The van der Waals surface area contributed by atoms with Gasteiger partial charge in [-0.15, -0.1) is 6.58 Å². The van der Waals surface area contributed by atoms with Crippen LogP contribution in [0.2, 0.25) is 0 Å². The fraction of sp³-hybridized carbons (Fsp3) is 0.476. The van der Waals surface area contributed by atoms with Crippen LogP contribution in [0.4, 0.5) is 0 Å². The molecule has 4 rings (SSSR count). The van der Waals surface area contributed by atoms with E-state index in [1.165, 1.54) is 12.8 Å². The average Bonchev–Trinajstić information content (AvgIpc) is 3.51. The van der Waals surface area contributed by atoms with Gasteiger partial charge in [0.15, 0.2) is 10.6 Å². The Hall–Kier alpha value is -2.05. The van der Waals surface area contributed by atoms with Crippen LogP contribution in [-0.2, 0) is 13.2 Å². The molecule has 6 heteroatoms. The number of allylic oxidation sites excluding steroid dienone is 1. The van der Waals surface area contributed by atoms with Gasteiger partial charge in [0, 0.05) is 37.0 Å². The fourth-order valence-corrected chi connectivity index (χ4v) is 4.12. The third kappa shape index (κ3) is 3.96. The maximum absolute atomic E-state index is 12.7. The number of carbonyl (C=O) groups is 1. The van der Waals surface area contributed by atoms with Gasteiger partial charge in [-0.2, -0.15) is 5.10 Å². The standard InChI is InChI=1S/C21H26N4OS/c1-2-12-24-20(18-8-9-18)22-25(21(24)27)15-23-13-10-17(11-14-23)19(26)16-6-4-3-5-7-16/h2-7,17-18H,1,8-15H2. The highest BCUT2D eigenvalue weighted by molar-refractivity contribution is 7.71. The van der Waals surface area contributed by atoms with E-state index in [2.05, 4.69) is 16.0 Å². The third-order valence-electron chi connectivity index (χ3n) is 5.56. The molecule has 27 heavy (non-hydrogen) atoms. The maximum Gasteiger partial charge on any atom is 0.199 e. The summed E-state index contributed by atoms with van der Waals surface area (Å²) in [4.78, 5) is 15.0. The zero-order valence-electron chi connectivity index (χ0n) is 15.6. The quantitative estimate of drug-likeness (QED) is 0.412. The molecule has 2 heterocycles. The van der Waals surface area contributed by atoms with Gasteiger partial charge in [-0.05, 0) is 37.9 Å². The second kappa shape index (κ2) is 7.90. The van der Waals surface area contributed by atoms with E-state index in [9.17, 15) is 4.79 Å². The second-order valence-electron chi connectivity index (χ2n) is 7.58. The zero-order chi connectivity index (χ0) is 18.8. The number of likely N-dealkylation sites (tertiary alicyclic amines) is 1. The van der Waals surface area contributed by atoms with Crippen LogP contribution in [0, 0.1) is 10.7 Å². The summed E-state index contributed by atoms with van der Waals surface area (Å²) in [5, 5.41) is 4.81. The van der Waals surface area contributed by atoms with Gasteiger partial charge in [0.1, 0.15) is 5.82 Å². The van der Waals surface area contributed by atoms with Crippen molar-refractivity contribution in [3.8, 4) is 0 Å². The maximum atomic E-state index is 12.7. The molecule has 1 aromatic carbocycles. The van der Waals surface area contributed by atoms with Crippen LogP contribution in [0.15, 0.2) is 43.0 Å².